The standard InChI is InChI=1S/C11H14BrClS/c12-11-6-5-9(14-11)7-8-3-1-2-4-10(8)13/h5-6,8,10H,1-4,7H2. The van der Waals surface area contributed by atoms with Crippen molar-refractivity contribution in [3.8, 4) is 0 Å². The van der Waals surface area contributed by atoms with Crippen LogP contribution in [0, 0.1) is 5.92 Å². The highest BCUT2D eigenvalue weighted by Crippen LogP contribution is 2.33. The van der Waals surface area contributed by atoms with E-state index in [2.05, 4.69) is 28.1 Å². The van der Waals surface area contributed by atoms with Crippen LogP contribution >= 0.6 is 38.9 Å². The van der Waals surface area contributed by atoms with Crippen LogP contribution in [0.2, 0.25) is 0 Å². The molecule has 0 saturated heterocycles. The summed E-state index contributed by atoms with van der Waals surface area (Å²) in [6.45, 7) is 0. The Balaban J connectivity index is 1.95. The Morgan fingerprint density at radius 2 is 2.14 bits per heavy atom. The number of halogens is 2. The second kappa shape index (κ2) is 5.00. The summed E-state index contributed by atoms with van der Waals surface area (Å²) in [5, 5.41) is 0.407. The van der Waals surface area contributed by atoms with Crippen molar-refractivity contribution >= 4 is 38.9 Å². The van der Waals surface area contributed by atoms with E-state index in [1.165, 1.54) is 40.8 Å². The molecule has 0 aliphatic heterocycles. The van der Waals surface area contributed by atoms with Crippen molar-refractivity contribution in [2.45, 2.75) is 37.5 Å². The summed E-state index contributed by atoms with van der Waals surface area (Å²) in [6, 6.07) is 4.35. The minimum Gasteiger partial charge on any atom is -0.133 e. The van der Waals surface area contributed by atoms with Crippen LogP contribution in [0.5, 0.6) is 0 Å². The van der Waals surface area contributed by atoms with Crippen molar-refractivity contribution in [2.75, 3.05) is 0 Å². The maximum Gasteiger partial charge on any atom is 0.0701 e. The van der Waals surface area contributed by atoms with Gasteiger partial charge in [-0.1, -0.05) is 12.8 Å². The molecule has 78 valence electrons. The van der Waals surface area contributed by atoms with E-state index in [0.717, 1.165) is 0 Å². The lowest BCUT2D eigenvalue weighted by Gasteiger charge is -2.26. The molecular formula is C11H14BrClS. The molecule has 0 aromatic carbocycles. The van der Waals surface area contributed by atoms with Gasteiger partial charge in [-0.05, 0) is 53.2 Å². The Hall–Kier alpha value is 0.470. The number of alkyl halides is 1. The first kappa shape index (κ1) is 11.0. The van der Waals surface area contributed by atoms with Gasteiger partial charge in [-0.25, -0.2) is 0 Å². The van der Waals surface area contributed by atoms with Crippen molar-refractivity contribution in [3.63, 3.8) is 0 Å². The average molecular weight is 294 g/mol. The Morgan fingerprint density at radius 1 is 1.36 bits per heavy atom. The first-order valence-electron chi connectivity index (χ1n) is 5.14. The van der Waals surface area contributed by atoms with Crippen LogP contribution in [0.3, 0.4) is 0 Å². The molecule has 0 nitrogen and oxygen atoms in total. The van der Waals surface area contributed by atoms with Crippen molar-refractivity contribution in [1.29, 1.82) is 0 Å². The topological polar surface area (TPSA) is 0 Å². The molecule has 2 atom stereocenters. The summed E-state index contributed by atoms with van der Waals surface area (Å²) < 4.78 is 1.23. The van der Waals surface area contributed by atoms with E-state index in [4.69, 9.17) is 11.6 Å². The van der Waals surface area contributed by atoms with Crippen LogP contribution in [0.1, 0.15) is 30.6 Å². The van der Waals surface area contributed by atoms with Gasteiger partial charge < -0.3 is 0 Å². The summed E-state index contributed by atoms with van der Waals surface area (Å²) >= 11 is 11.7. The van der Waals surface area contributed by atoms with E-state index in [1.54, 1.807) is 0 Å². The molecule has 0 amide bonds. The first-order valence-corrected chi connectivity index (χ1v) is 7.18. The van der Waals surface area contributed by atoms with Gasteiger partial charge in [0.05, 0.1) is 3.79 Å². The smallest absolute Gasteiger partial charge is 0.0701 e. The molecule has 0 radical (unpaired) electrons. The Bertz CT molecular complexity index is 297. The predicted molar refractivity (Wildman–Crippen MR) is 67.3 cm³/mol. The highest BCUT2D eigenvalue weighted by atomic mass is 79.9. The summed E-state index contributed by atoms with van der Waals surface area (Å²) in [5.74, 6) is 0.705. The Kier molecular flexibility index (Phi) is 3.92. The molecule has 1 aliphatic rings. The third-order valence-corrected chi connectivity index (χ3v) is 5.13. The summed E-state index contributed by atoms with van der Waals surface area (Å²) in [5.41, 5.74) is 0. The van der Waals surface area contributed by atoms with Crippen LogP contribution < -0.4 is 0 Å². The van der Waals surface area contributed by atoms with Crippen molar-refractivity contribution in [3.05, 3.63) is 20.8 Å². The molecule has 1 saturated carbocycles. The summed E-state index contributed by atoms with van der Waals surface area (Å²) in [6.07, 6.45) is 6.37. The fraction of sp³-hybridized carbons (Fsp3) is 0.636. The van der Waals surface area contributed by atoms with E-state index in [1.807, 2.05) is 11.3 Å². The van der Waals surface area contributed by atoms with Crippen molar-refractivity contribution in [2.24, 2.45) is 5.92 Å². The maximum absolute atomic E-state index is 6.33. The van der Waals surface area contributed by atoms with Gasteiger partial charge in [0, 0.05) is 10.3 Å². The Labute approximate surface area is 103 Å². The average Bonchev–Trinajstić information content (AvgIpc) is 2.56. The molecule has 1 aliphatic carbocycles. The first-order chi connectivity index (χ1) is 6.75. The molecule has 3 heteroatoms. The molecule has 2 rings (SSSR count). The molecule has 1 aromatic heterocycles. The molecule has 1 aromatic rings. The number of thiophene rings is 1. The zero-order valence-electron chi connectivity index (χ0n) is 8.01. The van der Waals surface area contributed by atoms with Crippen LogP contribution in [0.15, 0.2) is 15.9 Å². The quantitative estimate of drug-likeness (QED) is 0.684. The van der Waals surface area contributed by atoms with Gasteiger partial charge in [0.15, 0.2) is 0 Å². The van der Waals surface area contributed by atoms with E-state index in [-0.39, 0.29) is 0 Å². The van der Waals surface area contributed by atoms with E-state index in [9.17, 15) is 0 Å². The third kappa shape index (κ3) is 2.74. The SMILES string of the molecule is ClC1CCCCC1Cc1ccc(Br)s1. The minimum atomic E-state index is 0.407. The van der Waals surface area contributed by atoms with Gasteiger partial charge in [-0.2, -0.15) is 0 Å². The van der Waals surface area contributed by atoms with E-state index < -0.39 is 0 Å². The molecule has 1 fully saturated rings. The van der Waals surface area contributed by atoms with Crippen LogP contribution in [0.4, 0.5) is 0 Å². The van der Waals surface area contributed by atoms with Crippen LogP contribution in [0.25, 0.3) is 0 Å². The van der Waals surface area contributed by atoms with Gasteiger partial charge in [0.2, 0.25) is 0 Å². The second-order valence-corrected chi connectivity index (χ2v) is 7.08. The Morgan fingerprint density at radius 3 is 2.79 bits per heavy atom. The number of hydrogen-bond donors (Lipinski definition) is 0. The van der Waals surface area contributed by atoms with Crippen LogP contribution in [-0.2, 0) is 6.42 Å². The normalized spacial score (nSPS) is 27.9. The van der Waals surface area contributed by atoms with Gasteiger partial charge in [0.25, 0.3) is 0 Å². The second-order valence-electron chi connectivity index (χ2n) is 3.97. The van der Waals surface area contributed by atoms with E-state index in [0.29, 0.717) is 11.3 Å². The molecule has 0 spiro atoms. The highest BCUT2D eigenvalue weighted by molar-refractivity contribution is 9.11. The molecule has 0 bridgehead atoms. The number of hydrogen-bond acceptors (Lipinski definition) is 1. The predicted octanol–water partition coefficient (Wildman–Crippen LogP) is 4.85. The largest absolute Gasteiger partial charge is 0.133 e. The lowest BCUT2D eigenvalue weighted by atomic mass is 9.86. The summed E-state index contributed by atoms with van der Waals surface area (Å²) in [7, 11) is 0. The van der Waals surface area contributed by atoms with Gasteiger partial charge in [0.1, 0.15) is 0 Å². The molecule has 14 heavy (non-hydrogen) atoms. The molecule has 1 heterocycles. The number of rotatable bonds is 2. The lowest BCUT2D eigenvalue weighted by Crippen LogP contribution is -2.21. The van der Waals surface area contributed by atoms with E-state index >= 15 is 0 Å². The van der Waals surface area contributed by atoms with Crippen molar-refractivity contribution < 1.29 is 0 Å². The zero-order valence-corrected chi connectivity index (χ0v) is 11.2. The van der Waals surface area contributed by atoms with Gasteiger partial charge in [-0.3, -0.25) is 0 Å². The fourth-order valence-corrected chi connectivity index (χ4v) is 4.06. The maximum atomic E-state index is 6.33. The monoisotopic (exact) mass is 292 g/mol. The third-order valence-electron chi connectivity index (χ3n) is 2.91. The van der Waals surface area contributed by atoms with Crippen LogP contribution in [-0.4, -0.2) is 5.38 Å². The molecular weight excluding hydrogens is 280 g/mol. The van der Waals surface area contributed by atoms with Gasteiger partial charge in [-0.15, -0.1) is 22.9 Å². The van der Waals surface area contributed by atoms with Crippen molar-refractivity contribution in [1.82, 2.24) is 0 Å². The summed E-state index contributed by atoms with van der Waals surface area (Å²) in [4.78, 5) is 1.47. The highest BCUT2D eigenvalue weighted by Gasteiger charge is 2.23. The minimum absolute atomic E-state index is 0.407. The van der Waals surface area contributed by atoms with Gasteiger partial charge >= 0.3 is 0 Å². The zero-order chi connectivity index (χ0) is 9.97. The fourth-order valence-electron chi connectivity index (χ4n) is 2.11. The molecule has 2 unspecified atom stereocenters. The lowest BCUT2D eigenvalue weighted by molar-refractivity contribution is 0.365. The molecule has 0 N–H and O–H groups in total.